The number of ether oxygens (including phenoxy) is 2. The van der Waals surface area contributed by atoms with Gasteiger partial charge in [0, 0.05) is 36.7 Å². The molecule has 0 spiro atoms. The molecule has 1 aliphatic heterocycles. The fraction of sp³-hybridized carbons (Fsp3) is 0.674. The van der Waals surface area contributed by atoms with Crippen LogP contribution in [-0.4, -0.2) is 95.9 Å². The lowest BCUT2D eigenvalue weighted by atomic mass is 9.92. The maximum atomic E-state index is 14.8. The van der Waals surface area contributed by atoms with Crippen molar-refractivity contribution < 1.29 is 33.4 Å². The Bertz CT molecular complexity index is 1540. The minimum Gasteiger partial charge on any atom is -0.455 e. The van der Waals surface area contributed by atoms with E-state index in [0.29, 0.717) is 30.9 Å². The van der Waals surface area contributed by atoms with Crippen LogP contribution >= 0.6 is 11.3 Å². The third-order valence-electron chi connectivity index (χ3n) is 11.0. The van der Waals surface area contributed by atoms with E-state index in [1.807, 2.05) is 72.0 Å². The molecule has 1 aliphatic rings. The number of nitrogens with zero attached hydrogens (tertiary/aromatic N) is 3. The van der Waals surface area contributed by atoms with Crippen LogP contribution in [0.3, 0.4) is 0 Å². The van der Waals surface area contributed by atoms with Gasteiger partial charge in [-0.2, -0.15) is 0 Å². The van der Waals surface area contributed by atoms with E-state index in [-0.39, 0.29) is 72.3 Å². The summed E-state index contributed by atoms with van der Waals surface area (Å²) < 4.78 is 12.1. The van der Waals surface area contributed by atoms with E-state index in [1.54, 1.807) is 10.3 Å². The number of benzene rings is 1. The van der Waals surface area contributed by atoms with E-state index in [0.717, 1.165) is 44.1 Å². The largest absolute Gasteiger partial charge is 0.455 e. The first-order valence-corrected chi connectivity index (χ1v) is 21.4. The van der Waals surface area contributed by atoms with Crippen LogP contribution in [-0.2, 0) is 35.1 Å². The summed E-state index contributed by atoms with van der Waals surface area (Å²) in [5.41, 5.74) is 1.21. The van der Waals surface area contributed by atoms with E-state index < -0.39 is 24.2 Å². The van der Waals surface area contributed by atoms with E-state index in [1.165, 1.54) is 18.3 Å². The average Bonchev–Trinajstić information content (AvgIpc) is 3.68. The quantitative estimate of drug-likeness (QED) is 0.0722. The summed E-state index contributed by atoms with van der Waals surface area (Å²) in [6, 6.07) is 7.90. The Morgan fingerprint density at radius 3 is 2.34 bits per heavy atom. The van der Waals surface area contributed by atoms with Crippen LogP contribution in [0.1, 0.15) is 127 Å². The molecule has 8 atom stereocenters. The highest BCUT2D eigenvalue weighted by molar-refractivity contribution is 7.09. The molecule has 312 valence electrons. The van der Waals surface area contributed by atoms with Crippen LogP contribution in [0, 0.1) is 23.7 Å². The number of piperidine rings is 1. The molecule has 1 saturated heterocycles. The number of hydrogen-bond donors (Lipinski definition) is 2. The fourth-order valence-corrected chi connectivity index (χ4v) is 7.92. The van der Waals surface area contributed by atoms with Gasteiger partial charge in [0.25, 0.3) is 5.91 Å². The maximum absolute atomic E-state index is 14.8. The van der Waals surface area contributed by atoms with Gasteiger partial charge in [-0.15, -0.1) is 11.3 Å². The molecule has 2 unspecified atom stereocenters. The second kappa shape index (κ2) is 23.5. The van der Waals surface area contributed by atoms with Crippen LogP contribution in [0.2, 0.25) is 0 Å². The number of aromatic nitrogens is 1. The highest BCUT2D eigenvalue weighted by Gasteiger charge is 2.39. The third kappa shape index (κ3) is 14.4. The summed E-state index contributed by atoms with van der Waals surface area (Å²) in [5, 5.41) is 8.29. The zero-order valence-electron chi connectivity index (χ0n) is 35.1. The number of carbonyl (C=O) groups excluding carboxylic acids is 5. The molecule has 0 saturated carbocycles. The first kappa shape index (κ1) is 46.7. The first-order valence-electron chi connectivity index (χ1n) is 20.5. The van der Waals surface area contributed by atoms with Crippen molar-refractivity contribution in [2.24, 2.45) is 23.7 Å². The lowest BCUT2D eigenvalue weighted by Gasteiger charge is -2.40. The molecule has 1 aromatic heterocycles. The summed E-state index contributed by atoms with van der Waals surface area (Å²) in [7, 11) is 1.95. The number of thiazole rings is 1. The molecule has 2 N–H and O–H groups in total. The summed E-state index contributed by atoms with van der Waals surface area (Å²) in [6.07, 6.45) is 5.56. The van der Waals surface area contributed by atoms with Crippen molar-refractivity contribution in [3.8, 4) is 0 Å². The Balaban J connectivity index is 1.93. The van der Waals surface area contributed by atoms with Crippen molar-refractivity contribution >= 4 is 41.3 Å². The van der Waals surface area contributed by atoms with Gasteiger partial charge in [0.2, 0.25) is 11.8 Å². The summed E-state index contributed by atoms with van der Waals surface area (Å²) in [5.74, 6) is -1.54. The van der Waals surface area contributed by atoms with Crippen molar-refractivity contribution in [2.45, 2.75) is 137 Å². The number of hydrogen-bond acceptors (Lipinski definition) is 10. The van der Waals surface area contributed by atoms with Gasteiger partial charge in [0.15, 0.2) is 6.10 Å². The van der Waals surface area contributed by atoms with Crippen LogP contribution < -0.4 is 10.6 Å². The third-order valence-corrected chi connectivity index (χ3v) is 11.9. The van der Waals surface area contributed by atoms with E-state index in [9.17, 15) is 24.0 Å². The van der Waals surface area contributed by atoms with Crippen molar-refractivity contribution in [1.82, 2.24) is 25.4 Å². The van der Waals surface area contributed by atoms with Gasteiger partial charge in [-0.05, 0) is 62.6 Å². The summed E-state index contributed by atoms with van der Waals surface area (Å²) >= 11 is 1.21. The number of rotatable bonds is 23. The molecule has 13 heteroatoms. The van der Waals surface area contributed by atoms with Gasteiger partial charge < -0.3 is 29.8 Å². The summed E-state index contributed by atoms with van der Waals surface area (Å²) in [4.78, 5) is 74.7. The number of aldehydes is 1. The van der Waals surface area contributed by atoms with Crippen molar-refractivity contribution in [2.75, 3.05) is 26.9 Å². The van der Waals surface area contributed by atoms with Crippen LogP contribution in [0.15, 0.2) is 35.7 Å². The Hall–Kier alpha value is -3.68. The number of likely N-dealkylation sites (N-methyl/N-ethyl adjacent to an activating group) is 1. The maximum Gasteiger partial charge on any atom is 0.303 e. The van der Waals surface area contributed by atoms with Gasteiger partial charge in [-0.3, -0.25) is 24.1 Å². The number of esters is 1. The Morgan fingerprint density at radius 1 is 1.02 bits per heavy atom. The van der Waals surface area contributed by atoms with Crippen molar-refractivity contribution in [1.29, 1.82) is 0 Å². The molecule has 2 aromatic rings. The SMILES string of the molecule is CCC(C)COCN(C(=O)[C@@H](NC(=O)[C@H]1CCCCN1C)C(C)CC)[C@H](C[C@@H](OC(C)=O)c1nc(C(=O)N[C@@H](Cc2ccccc2)C[C@H](C)C=O)cs1)C(C)C. The van der Waals surface area contributed by atoms with Crippen LogP contribution in [0.5, 0.6) is 0 Å². The van der Waals surface area contributed by atoms with E-state index in [4.69, 9.17) is 9.47 Å². The minimum absolute atomic E-state index is 0.00150. The normalized spacial score (nSPS) is 18.5. The minimum atomic E-state index is -0.862. The smallest absolute Gasteiger partial charge is 0.303 e. The predicted octanol–water partition coefficient (Wildman–Crippen LogP) is 6.59. The molecule has 1 aromatic carbocycles. The zero-order chi connectivity index (χ0) is 41.4. The van der Waals surface area contributed by atoms with Crippen LogP contribution in [0.4, 0.5) is 0 Å². The molecule has 1 fully saturated rings. The molecule has 0 aliphatic carbocycles. The lowest BCUT2D eigenvalue weighted by molar-refractivity contribution is -0.153. The van der Waals surface area contributed by atoms with Gasteiger partial charge in [0.1, 0.15) is 29.8 Å². The van der Waals surface area contributed by atoms with Crippen molar-refractivity contribution in [3.63, 3.8) is 0 Å². The van der Waals surface area contributed by atoms with Crippen LogP contribution in [0.25, 0.3) is 0 Å². The number of nitrogens with one attached hydrogen (secondary N) is 2. The number of carbonyl (C=O) groups is 5. The standard InChI is InChI=1S/C43H67N5O7S/c1-10-29(5)25-54-27-48(43(53)39(31(7)11-2)46-41(52)36-19-15-16-20-47(36)9)37(28(3)4)23-38(55-32(8)50)42-45-35(26-56-42)40(51)44-34(21-30(6)24-49)22-33-17-13-12-14-18-33/h12-14,17-18,24,26,28-31,34,36-39H,10-11,15-16,19-23,25,27H2,1-9H3,(H,44,51)(H,46,52)/t29?,30-,31?,34+,36+,37+,38+,39-/m0/s1. The molecular formula is C43H67N5O7S. The molecule has 2 heterocycles. The summed E-state index contributed by atoms with van der Waals surface area (Å²) in [6.45, 7) is 16.6. The van der Waals surface area contributed by atoms with E-state index >= 15 is 0 Å². The Morgan fingerprint density at radius 2 is 1.73 bits per heavy atom. The first-order chi connectivity index (χ1) is 26.7. The predicted molar refractivity (Wildman–Crippen MR) is 220 cm³/mol. The average molecular weight is 798 g/mol. The molecule has 56 heavy (non-hydrogen) atoms. The van der Waals surface area contributed by atoms with Gasteiger partial charge in [0.05, 0.1) is 12.6 Å². The number of likely N-dealkylation sites (tertiary alicyclic amines) is 1. The number of amides is 3. The second-order valence-corrected chi connectivity index (χ2v) is 17.0. The molecule has 0 bridgehead atoms. The van der Waals surface area contributed by atoms with Gasteiger partial charge >= 0.3 is 5.97 Å². The van der Waals surface area contributed by atoms with E-state index in [2.05, 4.69) is 34.4 Å². The molecule has 3 amide bonds. The highest BCUT2D eigenvalue weighted by Crippen LogP contribution is 2.32. The topological polar surface area (TPSA) is 147 Å². The molecule has 0 radical (unpaired) electrons. The fourth-order valence-electron chi connectivity index (χ4n) is 7.08. The lowest BCUT2D eigenvalue weighted by Crippen LogP contribution is -2.59. The van der Waals surface area contributed by atoms with Crippen molar-refractivity contribution in [3.05, 3.63) is 52.0 Å². The highest BCUT2D eigenvalue weighted by atomic mass is 32.1. The molecule has 12 nitrogen and oxygen atoms in total. The Kier molecular flexibility index (Phi) is 19.6. The monoisotopic (exact) mass is 797 g/mol. The zero-order valence-corrected chi connectivity index (χ0v) is 35.9. The molecule has 3 rings (SSSR count). The van der Waals surface area contributed by atoms with Gasteiger partial charge in [-0.1, -0.05) is 98.1 Å². The van der Waals surface area contributed by atoms with Gasteiger partial charge in [-0.25, -0.2) is 4.98 Å². The molecular weight excluding hydrogens is 731 g/mol. The Labute approximate surface area is 338 Å². The second-order valence-electron chi connectivity index (χ2n) is 16.1.